The number of hydrogen-bond acceptors (Lipinski definition) is 7. The number of hydrogen-bond donors (Lipinski definition) is 1. The number of anilines is 1. The molecule has 3 aliphatic heterocycles. The van der Waals surface area contributed by atoms with Crippen LogP contribution in [0.1, 0.15) is 50.4 Å². The number of nitrogens with one attached hydrogen (secondary N) is 1. The van der Waals surface area contributed by atoms with Gasteiger partial charge in [-0.2, -0.15) is 11.8 Å². The van der Waals surface area contributed by atoms with Gasteiger partial charge in [-0.3, -0.25) is 19.3 Å². The van der Waals surface area contributed by atoms with Crippen molar-refractivity contribution in [2.45, 2.75) is 69.5 Å². The van der Waals surface area contributed by atoms with E-state index in [0.717, 1.165) is 37.9 Å². The van der Waals surface area contributed by atoms with Crippen molar-refractivity contribution < 1.29 is 19.1 Å². The first kappa shape index (κ1) is 26.5. The molecule has 0 aromatic heterocycles. The SMILES string of the molecule is CS[C@H]1CN(C(=O)C(NC(=O)c2ccc(N3CCN(C4CCC4)CC3)cc2)C(C)(C)C)[C@@H]2C(=O)CO[C@H]12. The Hall–Kier alpha value is -2.10. The Balaban J connectivity index is 1.24. The summed E-state index contributed by atoms with van der Waals surface area (Å²) in [5.74, 6) is -0.550. The third kappa shape index (κ3) is 5.27. The van der Waals surface area contributed by atoms with Gasteiger partial charge in [-0.15, -0.1) is 0 Å². The van der Waals surface area contributed by atoms with Gasteiger partial charge in [0.05, 0.1) is 11.4 Å². The molecule has 3 saturated heterocycles. The number of carbonyl (C=O) groups is 3. The Labute approximate surface area is 224 Å². The van der Waals surface area contributed by atoms with E-state index in [4.69, 9.17) is 4.74 Å². The molecule has 37 heavy (non-hydrogen) atoms. The van der Waals surface area contributed by atoms with Gasteiger partial charge in [0, 0.05) is 50.0 Å². The Morgan fingerprint density at radius 1 is 1.08 bits per heavy atom. The fourth-order valence-corrected chi connectivity index (χ4v) is 6.80. The maximum absolute atomic E-state index is 13.8. The zero-order valence-electron chi connectivity index (χ0n) is 22.4. The molecule has 5 rings (SSSR count). The number of rotatable bonds is 6. The molecule has 0 bridgehead atoms. The third-order valence-electron chi connectivity index (χ3n) is 8.51. The van der Waals surface area contributed by atoms with Crippen molar-refractivity contribution >= 4 is 35.0 Å². The highest BCUT2D eigenvalue weighted by Gasteiger charge is 2.53. The lowest BCUT2D eigenvalue weighted by molar-refractivity contribution is -0.140. The van der Waals surface area contributed by atoms with Gasteiger partial charge in [0.2, 0.25) is 5.91 Å². The second-order valence-corrected chi connectivity index (χ2v) is 13.0. The molecule has 8 nitrogen and oxygen atoms in total. The highest BCUT2D eigenvalue weighted by atomic mass is 32.2. The van der Waals surface area contributed by atoms with Gasteiger partial charge in [-0.25, -0.2) is 0 Å². The molecule has 4 aliphatic rings. The first-order valence-electron chi connectivity index (χ1n) is 13.5. The van der Waals surface area contributed by atoms with Crippen LogP contribution < -0.4 is 10.2 Å². The average Bonchev–Trinajstić information content (AvgIpc) is 3.41. The minimum absolute atomic E-state index is 0.0463. The van der Waals surface area contributed by atoms with Crippen LogP contribution in [-0.4, -0.2) is 102 Å². The number of nitrogens with zero attached hydrogens (tertiary/aromatic N) is 3. The number of ketones is 1. The number of ether oxygens (including phenoxy) is 1. The Morgan fingerprint density at radius 2 is 1.76 bits per heavy atom. The lowest BCUT2D eigenvalue weighted by Gasteiger charge is -2.43. The highest BCUT2D eigenvalue weighted by Crippen LogP contribution is 2.35. The molecule has 202 valence electrons. The minimum Gasteiger partial charge on any atom is -0.369 e. The van der Waals surface area contributed by atoms with Crippen molar-refractivity contribution in [2.75, 3.05) is 50.5 Å². The van der Waals surface area contributed by atoms with Gasteiger partial charge in [-0.1, -0.05) is 27.2 Å². The fraction of sp³-hybridized carbons (Fsp3) is 0.679. The second kappa shape index (κ2) is 10.6. The molecule has 1 unspecified atom stereocenters. The summed E-state index contributed by atoms with van der Waals surface area (Å²) in [5.41, 5.74) is 1.13. The Kier molecular flexibility index (Phi) is 7.58. The van der Waals surface area contributed by atoms with Crippen LogP contribution in [0.3, 0.4) is 0 Å². The van der Waals surface area contributed by atoms with Crippen LogP contribution in [-0.2, 0) is 14.3 Å². The van der Waals surface area contributed by atoms with Crippen LogP contribution in [0, 0.1) is 5.41 Å². The summed E-state index contributed by atoms with van der Waals surface area (Å²) in [6.07, 6.45) is 5.74. The predicted octanol–water partition coefficient (Wildman–Crippen LogP) is 2.42. The summed E-state index contributed by atoms with van der Waals surface area (Å²) in [4.78, 5) is 46.2. The largest absolute Gasteiger partial charge is 0.369 e. The molecule has 9 heteroatoms. The van der Waals surface area contributed by atoms with Gasteiger partial charge >= 0.3 is 0 Å². The van der Waals surface area contributed by atoms with Crippen LogP contribution in [0.2, 0.25) is 0 Å². The predicted molar refractivity (Wildman–Crippen MR) is 146 cm³/mol. The summed E-state index contributed by atoms with van der Waals surface area (Å²) in [5, 5.41) is 3.05. The van der Waals surface area contributed by atoms with E-state index in [1.165, 1.54) is 19.3 Å². The fourth-order valence-electron chi connectivity index (χ4n) is 6.00. The van der Waals surface area contributed by atoms with E-state index >= 15 is 0 Å². The van der Waals surface area contributed by atoms with Crippen LogP contribution in [0.25, 0.3) is 0 Å². The van der Waals surface area contributed by atoms with E-state index in [1.54, 1.807) is 16.7 Å². The molecule has 1 aliphatic carbocycles. The van der Waals surface area contributed by atoms with Crippen molar-refractivity contribution in [2.24, 2.45) is 5.41 Å². The molecule has 4 fully saturated rings. The number of piperazine rings is 1. The van der Waals surface area contributed by atoms with Crippen LogP contribution >= 0.6 is 11.8 Å². The Morgan fingerprint density at radius 3 is 2.32 bits per heavy atom. The number of likely N-dealkylation sites (tertiary alicyclic amines) is 1. The first-order chi connectivity index (χ1) is 17.7. The van der Waals surface area contributed by atoms with Crippen LogP contribution in [0.15, 0.2) is 24.3 Å². The molecule has 2 amide bonds. The zero-order valence-corrected chi connectivity index (χ0v) is 23.3. The van der Waals surface area contributed by atoms with Gasteiger partial charge < -0.3 is 19.9 Å². The topological polar surface area (TPSA) is 82.2 Å². The number of carbonyl (C=O) groups excluding carboxylic acids is 3. The van der Waals surface area contributed by atoms with Crippen molar-refractivity contribution in [3.63, 3.8) is 0 Å². The lowest BCUT2D eigenvalue weighted by atomic mass is 9.85. The van der Waals surface area contributed by atoms with Gasteiger partial charge in [0.15, 0.2) is 5.78 Å². The quantitative estimate of drug-likeness (QED) is 0.607. The summed E-state index contributed by atoms with van der Waals surface area (Å²) in [6.45, 7) is 10.5. The normalized spacial score (nSPS) is 27.7. The summed E-state index contributed by atoms with van der Waals surface area (Å²) >= 11 is 1.62. The molecule has 1 aromatic rings. The van der Waals surface area contributed by atoms with E-state index in [2.05, 4.69) is 15.1 Å². The molecule has 0 radical (unpaired) electrons. The van der Waals surface area contributed by atoms with Gasteiger partial charge in [0.1, 0.15) is 18.7 Å². The Bertz CT molecular complexity index is 1010. The van der Waals surface area contributed by atoms with Crippen molar-refractivity contribution in [3.05, 3.63) is 29.8 Å². The molecule has 1 saturated carbocycles. The van der Waals surface area contributed by atoms with Crippen LogP contribution in [0.5, 0.6) is 0 Å². The summed E-state index contributed by atoms with van der Waals surface area (Å²) in [7, 11) is 0. The number of benzene rings is 1. The lowest BCUT2D eigenvalue weighted by Crippen LogP contribution is -2.57. The van der Waals surface area contributed by atoms with Crippen molar-refractivity contribution in [1.29, 1.82) is 0 Å². The van der Waals surface area contributed by atoms with Crippen molar-refractivity contribution in [3.8, 4) is 0 Å². The molecule has 0 spiro atoms. The molecule has 1 N–H and O–H groups in total. The van der Waals surface area contributed by atoms with Gasteiger partial charge in [-0.05, 0) is 48.8 Å². The number of thioether (sulfide) groups is 1. The van der Waals surface area contributed by atoms with Gasteiger partial charge in [0.25, 0.3) is 5.91 Å². The maximum Gasteiger partial charge on any atom is 0.251 e. The third-order valence-corrected chi connectivity index (χ3v) is 9.54. The van der Waals surface area contributed by atoms with E-state index in [9.17, 15) is 14.4 Å². The second-order valence-electron chi connectivity index (χ2n) is 11.9. The number of amides is 2. The average molecular weight is 529 g/mol. The summed E-state index contributed by atoms with van der Waals surface area (Å²) < 4.78 is 5.72. The molecular formula is C28H40N4O4S. The van der Waals surface area contributed by atoms with Crippen LogP contribution in [0.4, 0.5) is 5.69 Å². The number of Topliss-reactive ketones (excluding diaryl/α,β-unsaturated/α-hetero) is 1. The molecular weight excluding hydrogens is 488 g/mol. The zero-order chi connectivity index (χ0) is 26.3. The highest BCUT2D eigenvalue weighted by molar-refractivity contribution is 7.99. The number of fused-ring (bicyclic) bond motifs is 1. The van der Waals surface area contributed by atoms with E-state index < -0.39 is 17.5 Å². The monoisotopic (exact) mass is 528 g/mol. The minimum atomic E-state index is -0.756. The molecule has 1 aromatic carbocycles. The first-order valence-corrected chi connectivity index (χ1v) is 14.8. The van der Waals surface area contributed by atoms with E-state index in [0.29, 0.717) is 12.1 Å². The van der Waals surface area contributed by atoms with E-state index in [-0.39, 0.29) is 35.6 Å². The standard InChI is InChI=1S/C28H40N4O4S/c1-28(2,3)25(27(35)32-16-22(37-4)24-23(32)21(33)17-36-24)29-26(34)18-8-10-20(11-9-18)31-14-12-30(13-15-31)19-6-5-7-19/h8-11,19,22-25H,5-7,12-17H2,1-4H3,(H,29,34)/t22-,23+,24+,25?/m0/s1. The van der Waals surface area contributed by atoms with E-state index in [1.807, 2.05) is 51.3 Å². The summed E-state index contributed by atoms with van der Waals surface area (Å²) in [6, 6.07) is 7.16. The van der Waals surface area contributed by atoms with Crippen molar-refractivity contribution in [1.82, 2.24) is 15.1 Å². The molecule has 3 heterocycles. The smallest absolute Gasteiger partial charge is 0.251 e. The molecule has 4 atom stereocenters. The maximum atomic E-state index is 13.8.